The third kappa shape index (κ3) is 9.99. The normalized spacial score (nSPS) is 18.9. The van der Waals surface area contributed by atoms with Crippen LogP contribution in [0.2, 0.25) is 0 Å². The summed E-state index contributed by atoms with van der Waals surface area (Å²) in [6.45, 7) is 18.5. The van der Waals surface area contributed by atoms with Gasteiger partial charge in [-0.15, -0.1) is 0 Å². The summed E-state index contributed by atoms with van der Waals surface area (Å²) in [5.41, 5.74) is 3.56. The first kappa shape index (κ1) is 43.4. The van der Waals surface area contributed by atoms with E-state index in [0.29, 0.717) is 43.1 Å². The van der Waals surface area contributed by atoms with E-state index in [9.17, 15) is 9.59 Å². The third-order valence-corrected chi connectivity index (χ3v) is 11.9. The Morgan fingerprint density at radius 3 is 1.14 bits per heavy atom. The predicted molar refractivity (Wildman–Crippen MR) is 226 cm³/mol. The minimum absolute atomic E-state index is 0.307. The number of benzene rings is 4. The van der Waals surface area contributed by atoms with Crippen molar-refractivity contribution in [2.24, 2.45) is 0 Å². The van der Waals surface area contributed by atoms with Gasteiger partial charge in [-0.1, -0.05) is 76.6 Å². The van der Waals surface area contributed by atoms with Gasteiger partial charge in [0, 0.05) is 30.7 Å². The van der Waals surface area contributed by atoms with Crippen molar-refractivity contribution in [3.63, 3.8) is 0 Å². The van der Waals surface area contributed by atoms with Crippen LogP contribution in [-0.2, 0) is 44.8 Å². The third-order valence-electron chi connectivity index (χ3n) is 11.4. The Balaban J connectivity index is 0.000000147. The van der Waals surface area contributed by atoms with Crippen LogP contribution in [0.3, 0.4) is 0 Å². The Kier molecular flexibility index (Phi) is 12.9. The number of nitrogens with zero attached hydrogens (tertiary/aromatic N) is 2. The van der Waals surface area contributed by atoms with Crippen molar-refractivity contribution in [1.29, 1.82) is 0 Å². The molecule has 2 N–H and O–H groups in total. The van der Waals surface area contributed by atoms with Gasteiger partial charge < -0.3 is 38.1 Å². The van der Waals surface area contributed by atoms with Gasteiger partial charge in [-0.05, 0) is 120 Å². The molecular formula is C42H50B3BrN2O10. The number of fused-ring (bicyclic) bond motifs is 2. The second-order valence-corrected chi connectivity index (χ2v) is 17.5. The van der Waals surface area contributed by atoms with Crippen molar-refractivity contribution in [3.8, 4) is 11.5 Å². The average Bonchev–Trinajstić information content (AvgIpc) is 3.90. The van der Waals surface area contributed by atoms with Gasteiger partial charge in [0.15, 0.2) is 0 Å². The van der Waals surface area contributed by atoms with Crippen LogP contribution in [0.5, 0.6) is 11.5 Å². The highest BCUT2D eigenvalue weighted by Gasteiger charge is 2.63. The topological polar surface area (TPSA) is 136 Å². The maximum atomic E-state index is 12.1. The van der Waals surface area contributed by atoms with Crippen LogP contribution in [-0.4, -0.2) is 75.6 Å². The van der Waals surface area contributed by atoms with Crippen LogP contribution in [0.4, 0.5) is 9.59 Å². The van der Waals surface area contributed by atoms with Crippen LogP contribution in [0.25, 0.3) is 0 Å². The lowest BCUT2D eigenvalue weighted by Crippen LogP contribution is -2.41. The molecule has 58 heavy (non-hydrogen) atoms. The molecule has 0 aliphatic carbocycles. The van der Waals surface area contributed by atoms with Gasteiger partial charge in [-0.3, -0.25) is 9.80 Å². The Morgan fingerprint density at radius 2 is 0.845 bits per heavy atom. The quantitative estimate of drug-likeness (QED) is 0.205. The molecule has 2 amide bonds. The van der Waals surface area contributed by atoms with Gasteiger partial charge in [0.2, 0.25) is 0 Å². The number of ether oxygens (including phenoxy) is 2. The van der Waals surface area contributed by atoms with Crippen molar-refractivity contribution in [1.82, 2.24) is 9.80 Å². The number of amides is 2. The van der Waals surface area contributed by atoms with Crippen molar-refractivity contribution in [3.05, 3.63) is 124 Å². The van der Waals surface area contributed by atoms with E-state index in [-0.39, 0.29) is 28.5 Å². The molecule has 0 spiro atoms. The van der Waals surface area contributed by atoms with Crippen LogP contribution in [0.15, 0.2) is 102 Å². The SMILES string of the molecule is CC1(C)OB(B2OC(C)(C)C(C)(C)O2)OC1(C)C.O=C(Oc1ccc(B(O)O)cc1)N1Cc2ccccc2C1.O=C(Oc1ccc(Br)cc1)N1Cc2ccccc2C1. The van der Waals surface area contributed by atoms with Gasteiger partial charge in [-0.2, -0.15) is 0 Å². The fourth-order valence-electron chi connectivity index (χ4n) is 6.47. The molecule has 4 aliphatic rings. The molecule has 4 heterocycles. The molecule has 0 atom stereocenters. The largest absolute Gasteiger partial charge is 0.488 e. The highest BCUT2D eigenvalue weighted by Crippen LogP contribution is 2.43. The van der Waals surface area contributed by atoms with Crippen molar-refractivity contribution < 1.29 is 47.7 Å². The summed E-state index contributed by atoms with van der Waals surface area (Å²) in [5.74, 6) is 0.935. The minimum Gasteiger partial charge on any atom is -0.423 e. The Hall–Kier alpha value is -4.15. The maximum Gasteiger partial charge on any atom is 0.488 e. The summed E-state index contributed by atoms with van der Waals surface area (Å²) in [6, 6.07) is 29.3. The molecule has 0 saturated carbocycles. The molecule has 0 aromatic heterocycles. The maximum absolute atomic E-state index is 12.1. The molecule has 2 saturated heterocycles. The highest BCUT2D eigenvalue weighted by molar-refractivity contribution is 9.10. The summed E-state index contributed by atoms with van der Waals surface area (Å²) < 4.78 is 35.4. The Labute approximate surface area is 350 Å². The molecule has 8 rings (SSSR count). The first-order valence-electron chi connectivity index (χ1n) is 19.2. The Morgan fingerprint density at radius 1 is 0.552 bits per heavy atom. The van der Waals surface area contributed by atoms with Gasteiger partial charge in [0.1, 0.15) is 11.5 Å². The fourth-order valence-corrected chi connectivity index (χ4v) is 6.73. The lowest BCUT2D eigenvalue weighted by atomic mass is 9.49. The number of halogens is 1. The molecule has 12 nitrogen and oxygen atoms in total. The number of hydrogen-bond donors (Lipinski definition) is 2. The van der Waals surface area contributed by atoms with Gasteiger partial charge in [-0.25, -0.2) is 9.59 Å². The lowest BCUT2D eigenvalue weighted by molar-refractivity contribution is 0.00578. The first-order chi connectivity index (χ1) is 27.2. The van der Waals surface area contributed by atoms with E-state index < -0.39 is 27.2 Å². The van der Waals surface area contributed by atoms with Gasteiger partial charge in [0.05, 0.1) is 22.4 Å². The Bertz CT molecular complexity index is 1970. The van der Waals surface area contributed by atoms with Crippen LogP contribution in [0.1, 0.15) is 77.6 Å². The minimum atomic E-state index is -1.53. The van der Waals surface area contributed by atoms with Crippen molar-refractivity contribution >= 4 is 54.7 Å². The summed E-state index contributed by atoms with van der Waals surface area (Å²) in [6.07, 6.45) is -0.720. The van der Waals surface area contributed by atoms with E-state index in [0.717, 1.165) is 15.6 Å². The number of rotatable bonds is 4. The molecule has 4 aliphatic heterocycles. The highest BCUT2D eigenvalue weighted by atomic mass is 79.9. The van der Waals surface area contributed by atoms with Gasteiger partial charge >= 0.3 is 33.3 Å². The second-order valence-electron chi connectivity index (χ2n) is 16.6. The average molecular weight is 855 g/mol. The molecule has 4 aromatic rings. The number of carbonyl (C=O) groups excluding carboxylic acids is 2. The molecule has 0 unspecified atom stereocenters. The summed E-state index contributed by atoms with van der Waals surface area (Å²) in [7, 11) is -2.48. The van der Waals surface area contributed by atoms with Crippen LogP contribution >= 0.6 is 15.9 Å². The molecule has 4 aromatic carbocycles. The standard InChI is InChI=1S/C15H14BNO4.C15H12BrNO2.C12H24B2O4/c18-15(17-9-11-3-1-2-4-12(11)10-17)21-14-7-5-13(6-8-14)16(19)20;16-13-5-7-14(8-6-13)19-15(18)17-9-11-3-1-2-4-12(11)10-17;1-9(2)10(3,4)16-13(15-9)14-17-11(5,6)12(7,8)18-14/h1-8,19-20H,9-10H2;1-8H,9-10H2;1-8H3. The van der Waals surface area contributed by atoms with Crippen LogP contribution < -0.4 is 14.9 Å². The zero-order valence-corrected chi connectivity index (χ0v) is 35.8. The number of hydrogen-bond acceptors (Lipinski definition) is 10. The first-order valence-corrected chi connectivity index (χ1v) is 20.0. The monoisotopic (exact) mass is 854 g/mol. The van der Waals surface area contributed by atoms with Crippen LogP contribution in [0, 0.1) is 0 Å². The second kappa shape index (κ2) is 17.2. The van der Waals surface area contributed by atoms with E-state index in [1.165, 1.54) is 35.4 Å². The van der Waals surface area contributed by atoms with Crippen molar-refractivity contribution in [2.45, 2.75) is 104 Å². The van der Waals surface area contributed by atoms with Crippen molar-refractivity contribution in [2.75, 3.05) is 0 Å². The number of carbonyl (C=O) groups is 2. The molecule has 2 fully saturated rings. The smallest absolute Gasteiger partial charge is 0.423 e. The lowest BCUT2D eigenvalue weighted by Gasteiger charge is -2.32. The summed E-state index contributed by atoms with van der Waals surface area (Å²) in [4.78, 5) is 27.5. The molecule has 0 bridgehead atoms. The molecule has 0 radical (unpaired) electrons. The fraction of sp³-hybridized carbons (Fsp3) is 0.381. The summed E-state index contributed by atoms with van der Waals surface area (Å²) >= 11 is 3.35. The van der Waals surface area contributed by atoms with Gasteiger partial charge in [0.25, 0.3) is 0 Å². The zero-order valence-electron chi connectivity index (χ0n) is 34.2. The van der Waals surface area contributed by atoms with E-state index >= 15 is 0 Å². The van der Waals surface area contributed by atoms with E-state index in [2.05, 4.69) is 15.9 Å². The summed E-state index contributed by atoms with van der Waals surface area (Å²) in [5, 5.41) is 18.0. The molecule has 304 valence electrons. The zero-order chi connectivity index (χ0) is 42.0. The predicted octanol–water partition coefficient (Wildman–Crippen LogP) is 7.09. The van der Waals surface area contributed by atoms with E-state index in [1.807, 2.05) is 116 Å². The van der Waals surface area contributed by atoms with E-state index in [1.54, 1.807) is 21.9 Å². The molecule has 16 heteroatoms. The molecular weight excluding hydrogens is 805 g/mol. The van der Waals surface area contributed by atoms with E-state index in [4.69, 9.17) is 38.1 Å².